The number of rotatable bonds is 9. The molecule has 1 aliphatic heterocycles. The van der Waals surface area contributed by atoms with E-state index in [-0.39, 0.29) is 12.5 Å². The molecule has 1 unspecified atom stereocenters. The maximum Gasteiger partial charge on any atom is 0.303 e. The molecule has 2 aromatic carbocycles. The first-order valence-electron chi connectivity index (χ1n) is 12.0. The molecule has 1 atom stereocenters. The summed E-state index contributed by atoms with van der Waals surface area (Å²) in [7, 11) is -0.632. The lowest BCUT2D eigenvalue weighted by atomic mass is 9.96. The molecule has 196 valence electrons. The lowest BCUT2D eigenvalue weighted by Gasteiger charge is -2.22. The molecule has 0 fully saturated rings. The van der Waals surface area contributed by atoms with Crippen molar-refractivity contribution in [3.8, 4) is 0 Å². The summed E-state index contributed by atoms with van der Waals surface area (Å²) in [5, 5.41) is 12.3. The molecule has 0 bridgehead atoms. The number of halogens is 1. The zero-order valence-corrected chi connectivity index (χ0v) is 23.0. The summed E-state index contributed by atoms with van der Waals surface area (Å²) in [5.41, 5.74) is 3.33. The number of para-hydroxylation sites is 1. The van der Waals surface area contributed by atoms with Gasteiger partial charge in [-0.2, -0.15) is 0 Å². The number of hydrogen-bond donors (Lipinski definition) is 2. The summed E-state index contributed by atoms with van der Waals surface area (Å²) in [5.74, 6) is -0.738. The van der Waals surface area contributed by atoms with Crippen LogP contribution in [0.2, 0.25) is 0 Å². The second kappa shape index (κ2) is 15.8. The summed E-state index contributed by atoms with van der Waals surface area (Å²) >= 11 is 4.50. The molecule has 0 spiro atoms. The molecule has 0 aromatic heterocycles. The van der Waals surface area contributed by atoms with Gasteiger partial charge < -0.3 is 10.4 Å². The van der Waals surface area contributed by atoms with Crippen LogP contribution in [0.15, 0.2) is 47.4 Å². The van der Waals surface area contributed by atoms with Crippen molar-refractivity contribution in [2.75, 3.05) is 25.0 Å². The Morgan fingerprint density at radius 2 is 1.66 bits per heavy atom. The summed E-state index contributed by atoms with van der Waals surface area (Å²) in [4.78, 5) is 10.9. The minimum atomic E-state index is -3.63. The van der Waals surface area contributed by atoms with E-state index in [1.807, 2.05) is 57.2 Å². The van der Waals surface area contributed by atoms with E-state index in [0.29, 0.717) is 10.6 Å². The molecule has 9 heteroatoms. The average molecular weight is 527 g/mol. The number of aliphatic carboxylic acids is 1. The second-order valence-corrected chi connectivity index (χ2v) is 10.3. The predicted molar refractivity (Wildman–Crippen MR) is 143 cm³/mol. The monoisotopic (exact) mass is 526 g/mol. The maximum absolute atomic E-state index is 13.3. The quantitative estimate of drug-likeness (QED) is 0.386. The van der Waals surface area contributed by atoms with Crippen LogP contribution in [0.1, 0.15) is 75.1 Å². The minimum Gasteiger partial charge on any atom is -0.481 e. The van der Waals surface area contributed by atoms with Gasteiger partial charge in [-0.15, -0.1) is 0 Å². The number of nitrogens with zero attached hydrogens (tertiary/aromatic N) is 1. The smallest absolute Gasteiger partial charge is 0.303 e. The van der Waals surface area contributed by atoms with Crippen molar-refractivity contribution in [2.24, 2.45) is 0 Å². The van der Waals surface area contributed by atoms with Crippen molar-refractivity contribution in [2.45, 2.75) is 70.2 Å². The molecule has 2 N–H and O–H groups in total. The van der Waals surface area contributed by atoms with Gasteiger partial charge in [0.1, 0.15) is 0 Å². The standard InChI is InChI=1S/C23H30N2O4S.C2H6.CH3ClO/c1-17-13-14-19-21(16-17)30(28,29)25(2)20-11-8-7-10-18(20)23(19)24-15-9-5-3-4-6-12-22(26)27;1-2;1-3-2/h7-8,10-11,13-14,16,23-24H,3-6,9,12,15H2,1-2H3,(H,26,27);1-2H3;1H3. The van der Waals surface area contributed by atoms with Crippen LogP contribution in [-0.4, -0.2) is 40.2 Å². The molecule has 0 saturated carbocycles. The van der Waals surface area contributed by atoms with Gasteiger partial charge in [0.15, 0.2) is 0 Å². The van der Waals surface area contributed by atoms with Crippen LogP contribution in [0.3, 0.4) is 0 Å². The third-order valence-corrected chi connectivity index (χ3v) is 7.45. The molecule has 0 saturated heterocycles. The number of nitrogens with one attached hydrogen (secondary N) is 1. The fourth-order valence-electron chi connectivity index (χ4n) is 3.96. The Morgan fingerprint density at radius 3 is 2.31 bits per heavy atom. The Balaban J connectivity index is 0.00000114. The number of hydrogen-bond acceptors (Lipinski definition) is 5. The van der Waals surface area contributed by atoms with Crippen molar-refractivity contribution in [3.63, 3.8) is 0 Å². The molecule has 35 heavy (non-hydrogen) atoms. The number of fused-ring (bicyclic) bond motifs is 2. The second-order valence-electron chi connectivity index (χ2n) is 8.03. The van der Waals surface area contributed by atoms with Crippen LogP contribution in [0.25, 0.3) is 0 Å². The summed E-state index contributed by atoms with van der Waals surface area (Å²) in [6.45, 7) is 6.66. The van der Waals surface area contributed by atoms with Gasteiger partial charge in [0.2, 0.25) is 0 Å². The number of aryl methyl sites for hydroxylation is 1. The normalized spacial score (nSPS) is 15.4. The lowest BCUT2D eigenvalue weighted by molar-refractivity contribution is -0.137. The first kappa shape index (κ1) is 30.9. The van der Waals surface area contributed by atoms with Gasteiger partial charge in [0.05, 0.1) is 35.6 Å². The van der Waals surface area contributed by atoms with Crippen molar-refractivity contribution in [1.82, 2.24) is 5.32 Å². The molecular formula is C26H39ClN2O5S. The van der Waals surface area contributed by atoms with E-state index >= 15 is 0 Å². The maximum atomic E-state index is 13.3. The van der Waals surface area contributed by atoms with E-state index in [1.54, 1.807) is 13.1 Å². The molecule has 2 aromatic rings. The number of anilines is 1. The number of sulfonamides is 1. The fourth-order valence-corrected chi connectivity index (χ4v) is 5.50. The highest BCUT2D eigenvalue weighted by Crippen LogP contribution is 2.40. The van der Waals surface area contributed by atoms with Crippen LogP contribution >= 0.6 is 11.9 Å². The van der Waals surface area contributed by atoms with Gasteiger partial charge in [0, 0.05) is 13.5 Å². The third-order valence-electron chi connectivity index (χ3n) is 5.62. The van der Waals surface area contributed by atoms with Gasteiger partial charge in [-0.1, -0.05) is 63.4 Å². The third kappa shape index (κ3) is 8.79. The summed E-state index contributed by atoms with van der Waals surface area (Å²) < 4.78 is 31.6. The number of carboxylic acids is 1. The summed E-state index contributed by atoms with van der Waals surface area (Å²) in [6, 6.07) is 13.1. The fraction of sp³-hybridized carbons (Fsp3) is 0.500. The van der Waals surface area contributed by atoms with Gasteiger partial charge in [-0.05, 0) is 55.1 Å². The highest BCUT2D eigenvalue weighted by Gasteiger charge is 2.34. The van der Waals surface area contributed by atoms with Gasteiger partial charge in [-0.25, -0.2) is 8.42 Å². The Bertz CT molecular complexity index is 1030. The average Bonchev–Trinajstić information content (AvgIpc) is 2.90. The first-order chi connectivity index (χ1) is 16.7. The van der Waals surface area contributed by atoms with Crippen molar-refractivity contribution in [3.05, 3.63) is 59.2 Å². The molecule has 0 radical (unpaired) electrons. The Labute approximate surface area is 215 Å². The van der Waals surface area contributed by atoms with Crippen molar-refractivity contribution >= 4 is 33.5 Å². The van der Waals surface area contributed by atoms with E-state index in [4.69, 9.17) is 5.11 Å². The first-order valence-corrected chi connectivity index (χ1v) is 13.8. The van der Waals surface area contributed by atoms with E-state index < -0.39 is 16.0 Å². The minimum absolute atomic E-state index is 0.205. The lowest BCUT2D eigenvalue weighted by Crippen LogP contribution is -2.26. The Morgan fingerprint density at radius 1 is 1.06 bits per heavy atom. The molecule has 7 nitrogen and oxygen atoms in total. The van der Waals surface area contributed by atoms with Crippen molar-refractivity contribution in [1.29, 1.82) is 0 Å². The number of benzene rings is 2. The molecular weight excluding hydrogens is 488 g/mol. The van der Waals surface area contributed by atoms with Crippen LogP contribution in [-0.2, 0) is 19.1 Å². The topological polar surface area (TPSA) is 95.9 Å². The van der Waals surface area contributed by atoms with E-state index in [2.05, 4.69) is 21.5 Å². The predicted octanol–water partition coefficient (Wildman–Crippen LogP) is 6.05. The molecule has 0 aliphatic carbocycles. The molecule has 0 amide bonds. The van der Waals surface area contributed by atoms with Crippen LogP contribution in [0.5, 0.6) is 0 Å². The van der Waals surface area contributed by atoms with Crippen LogP contribution < -0.4 is 9.62 Å². The SMILES string of the molecule is CC.COCl.Cc1ccc2c(c1)S(=O)(=O)N(C)c1ccccc1C2NCCCCCCCC(=O)O. The van der Waals surface area contributed by atoms with Gasteiger partial charge in [0.25, 0.3) is 10.0 Å². The van der Waals surface area contributed by atoms with Crippen molar-refractivity contribution < 1.29 is 22.6 Å². The van der Waals surface area contributed by atoms with E-state index in [0.717, 1.165) is 55.3 Å². The highest BCUT2D eigenvalue weighted by atomic mass is 35.5. The van der Waals surface area contributed by atoms with Gasteiger partial charge in [-0.3, -0.25) is 13.4 Å². The Hall–Kier alpha value is -2.13. The highest BCUT2D eigenvalue weighted by molar-refractivity contribution is 7.92. The van der Waals surface area contributed by atoms with E-state index in [1.165, 1.54) is 11.4 Å². The van der Waals surface area contributed by atoms with Crippen LogP contribution in [0, 0.1) is 6.92 Å². The molecule has 3 rings (SSSR count). The zero-order valence-electron chi connectivity index (χ0n) is 21.4. The summed E-state index contributed by atoms with van der Waals surface area (Å²) in [6.07, 6.45) is 4.84. The van der Waals surface area contributed by atoms with Crippen LogP contribution in [0.4, 0.5) is 5.69 Å². The zero-order chi connectivity index (χ0) is 26.4. The number of unbranched alkanes of at least 4 members (excludes halogenated alkanes) is 4. The molecule has 1 aliphatic rings. The number of carbonyl (C=O) groups is 1. The van der Waals surface area contributed by atoms with E-state index in [9.17, 15) is 13.2 Å². The Kier molecular flexibility index (Phi) is 13.9. The van der Waals surface area contributed by atoms with Gasteiger partial charge >= 0.3 is 5.97 Å². The number of carboxylic acid groups (broad SMARTS) is 1. The molecule has 1 heterocycles. The largest absolute Gasteiger partial charge is 0.481 e.